The molecule has 0 aliphatic carbocycles. The second kappa shape index (κ2) is 5.21. The van der Waals surface area contributed by atoms with Gasteiger partial charge in [-0.15, -0.1) is 0 Å². The third-order valence-electron chi connectivity index (χ3n) is 3.49. The van der Waals surface area contributed by atoms with E-state index in [1.807, 2.05) is 36.4 Å². The Morgan fingerprint density at radius 3 is 2.43 bits per heavy atom. The molecular weight excluding hydrogens is 258 g/mol. The van der Waals surface area contributed by atoms with Crippen LogP contribution in [-0.2, 0) is 5.41 Å². The van der Waals surface area contributed by atoms with Gasteiger partial charge >= 0.3 is 0 Å². The fraction of sp³-hybridized carbons (Fsp3) is 0.211. The molecule has 1 heterocycles. The maximum absolute atomic E-state index is 5.76. The van der Waals surface area contributed by atoms with Crippen LogP contribution >= 0.6 is 0 Å². The van der Waals surface area contributed by atoms with E-state index in [1.165, 1.54) is 5.56 Å². The average molecular weight is 277 g/mol. The first kappa shape index (κ1) is 13.6. The Bertz CT molecular complexity index is 776. The summed E-state index contributed by atoms with van der Waals surface area (Å²) in [7, 11) is 0. The second-order valence-electron chi connectivity index (χ2n) is 6.23. The molecule has 1 aromatic heterocycles. The summed E-state index contributed by atoms with van der Waals surface area (Å²) in [6, 6.07) is 16.4. The second-order valence-corrected chi connectivity index (χ2v) is 6.23. The third-order valence-corrected chi connectivity index (χ3v) is 3.49. The van der Waals surface area contributed by atoms with Gasteiger partial charge in [-0.25, -0.2) is 4.98 Å². The summed E-state index contributed by atoms with van der Waals surface area (Å²) in [5.41, 5.74) is 4.26. The van der Waals surface area contributed by atoms with Gasteiger partial charge in [-0.05, 0) is 34.8 Å². The van der Waals surface area contributed by atoms with Gasteiger partial charge in [0, 0.05) is 6.08 Å². The number of benzene rings is 2. The van der Waals surface area contributed by atoms with E-state index in [2.05, 4.69) is 50.0 Å². The monoisotopic (exact) mass is 277 g/mol. The molecular formula is C19H19NO. The first-order chi connectivity index (χ1) is 10.0. The summed E-state index contributed by atoms with van der Waals surface area (Å²) in [4.78, 5) is 4.55. The van der Waals surface area contributed by atoms with Crippen molar-refractivity contribution in [3.63, 3.8) is 0 Å². The molecule has 0 unspecified atom stereocenters. The van der Waals surface area contributed by atoms with E-state index in [9.17, 15) is 0 Å². The first-order valence-electron chi connectivity index (χ1n) is 7.16. The van der Waals surface area contributed by atoms with Gasteiger partial charge in [-0.2, -0.15) is 0 Å². The molecule has 0 N–H and O–H groups in total. The lowest BCUT2D eigenvalue weighted by Crippen LogP contribution is -2.10. The minimum absolute atomic E-state index is 0.118. The Labute approximate surface area is 125 Å². The van der Waals surface area contributed by atoms with Crippen LogP contribution in [0.3, 0.4) is 0 Å². The lowest BCUT2D eigenvalue weighted by Gasteiger charge is -2.18. The zero-order valence-electron chi connectivity index (χ0n) is 12.6. The summed E-state index contributed by atoms with van der Waals surface area (Å²) >= 11 is 0. The van der Waals surface area contributed by atoms with Crippen molar-refractivity contribution >= 4 is 23.3 Å². The molecule has 0 spiro atoms. The van der Waals surface area contributed by atoms with Crippen molar-refractivity contribution in [1.29, 1.82) is 0 Å². The maximum atomic E-state index is 5.76. The average Bonchev–Trinajstić information content (AvgIpc) is 2.87. The highest BCUT2D eigenvalue weighted by molar-refractivity contribution is 5.77. The van der Waals surface area contributed by atoms with Crippen LogP contribution in [-0.4, -0.2) is 4.98 Å². The fourth-order valence-corrected chi connectivity index (χ4v) is 2.21. The smallest absolute Gasteiger partial charge is 0.220 e. The number of aromatic nitrogens is 1. The van der Waals surface area contributed by atoms with Crippen LogP contribution in [0.2, 0.25) is 0 Å². The largest absolute Gasteiger partial charge is 0.437 e. The van der Waals surface area contributed by atoms with E-state index >= 15 is 0 Å². The van der Waals surface area contributed by atoms with Crippen LogP contribution in [0.5, 0.6) is 0 Å². The van der Waals surface area contributed by atoms with Crippen LogP contribution in [0.25, 0.3) is 23.3 Å². The molecule has 21 heavy (non-hydrogen) atoms. The molecule has 3 aromatic rings. The van der Waals surface area contributed by atoms with Crippen LogP contribution in [0.4, 0.5) is 0 Å². The highest BCUT2D eigenvalue weighted by Crippen LogP contribution is 2.26. The number of nitrogens with zero attached hydrogens (tertiary/aromatic N) is 1. The number of fused-ring (bicyclic) bond motifs is 1. The quantitative estimate of drug-likeness (QED) is 0.635. The molecule has 0 saturated carbocycles. The molecule has 3 rings (SSSR count). The van der Waals surface area contributed by atoms with Crippen LogP contribution in [0.1, 0.15) is 37.8 Å². The van der Waals surface area contributed by atoms with E-state index < -0.39 is 0 Å². The molecule has 0 radical (unpaired) electrons. The topological polar surface area (TPSA) is 26.0 Å². The normalized spacial score (nSPS) is 12.3. The summed E-state index contributed by atoms with van der Waals surface area (Å²) in [6.07, 6.45) is 3.92. The van der Waals surface area contributed by atoms with Gasteiger partial charge in [0.25, 0.3) is 0 Å². The highest BCUT2D eigenvalue weighted by Gasteiger charge is 2.15. The van der Waals surface area contributed by atoms with Crippen molar-refractivity contribution in [2.75, 3.05) is 0 Å². The Balaban J connectivity index is 1.93. The lowest BCUT2D eigenvalue weighted by molar-refractivity contribution is 0.585. The molecule has 2 aromatic carbocycles. The lowest BCUT2D eigenvalue weighted by atomic mass is 9.87. The van der Waals surface area contributed by atoms with Gasteiger partial charge in [0.05, 0.1) is 0 Å². The van der Waals surface area contributed by atoms with Crippen molar-refractivity contribution in [3.05, 3.63) is 65.5 Å². The van der Waals surface area contributed by atoms with Crippen molar-refractivity contribution < 1.29 is 4.42 Å². The Hall–Kier alpha value is -2.35. The molecule has 0 bridgehead atoms. The molecule has 2 heteroatoms. The van der Waals surface area contributed by atoms with Crippen molar-refractivity contribution in [2.45, 2.75) is 26.2 Å². The third kappa shape index (κ3) is 3.05. The summed E-state index contributed by atoms with van der Waals surface area (Å²) in [6.45, 7) is 6.60. The van der Waals surface area contributed by atoms with Crippen molar-refractivity contribution in [2.24, 2.45) is 0 Å². The Morgan fingerprint density at radius 2 is 1.71 bits per heavy atom. The number of rotatable bonds is 2. The minimum atomic E-state index is 0.118. The summed E-state index contributed by atoms with van der Waals surface area (Å²) in [5, 5.41) is 0. The first-order valence-corrected chi connectivity index (χ1v) is 7.16. The van der Waals surface area contributed by atoms with Crippen molar-refractivity contribution in [3.8, 4) is 0 Å². The molecule has 0 saturated heterocycles. The van der Waals surface area contributed by atoms with Crippen molar-refractivity contribution in [1.82, 2.24) is 4.98 Å². The minimum Gasteiger partial charge on any atom is -0.437 e. The zero-order valence-corrected chi connectivity index (χ0v) is 12.6. The van der Waals surface area contributed by atoms with Gasteiger partial charge < -0.3 is 4.42 Å². The van der Waals surface area contributed by atoms with Gasteiger partial charge in [0.2, 0.25) is 5.89 Å². The molecule has 106 valence electrons. The molecule has 2 nitrogen and oxygen atoms in total. The molecule has 0 fully saturated rings. The number of hydrogen-bond donors (Lipinski definition) is 0. The standard InChI is InChI=1S/C19H19NO/c1-19(2,3)15-10-11-17-16(13-15)20-18(21-17)12-9-14-7-5-4-6-8-14/h4-13H,1-3H3/b12-9+. The van der Waals surface area contributed by atoms with Gasteiger partial charge in [-0.3, -0.25) is 0 Å². The molecule has 0 aliphatic heterocycles. The van der Waals surface area contributed by atoms with Crippen LogP contribution in [0.15, 0.2) is 52.9 Å². The maximum Gasteiger partial charge on any atom is 0.220 e. The SMILES string of the molecule is CC(C)(C)c1ccc2oc(/C=C/c3ccccc3)nc2c1. The predicted octanol–water partition coefficient (Wildman–Crippen LogP) is 5.30. The summed E-state index contributed by atoms with van der Waals surface area (Å²) in [5.74, 6) is 0.639. The van der Waals surface area contributed by atoms with Crippen LogP contribution in [0, 0.1) is 0 Å². The van der Waals surface area contributed by atoms with E-state index in [-0.39, 0.29) is 5.41 Å². The van der Waals surface area contributed by atoms with Crippen LogP contribution < -0.4 is 0 Å². The molecule has 0 atom stereocenters. The fourth-order valence-electron chi connectivity index (χ4n) is 2.21. The van der Waals surface area contributed by atoms with E-state index in [0.717, 1.165) is 16.7 Å². The Kier molecular flexibility index (Phi) is 3.38. The molecule has 0 amide bonds. The zero-order chi connectivity index (χ0) is 14.9. The van der Waals surface area contributed by atoms with Gasteiger partial charge in [0.15, 0.2) is 5.58 Å². The highest BCUT2D eigenvalue weighted by atomic mass is 16.3. The number of hydrogen-bond acceptors (Lipinski definition) is 2. The van der Waals surface area contributed by atoms with E-state index in [1.54, 1.807) is 0 Å². The van der Waals surface area contributed by atoms with Gasteiger partial charge in [-0.1, -0.05) is 57.2 Å². The number of oxazole rings is 1. The summed E-state index contributed by atoms with van der Waals surface area (Å²) < 4.78 is 5.76. The molecule has 0 aliphatic rings. The predicted molar refractivity (Wildman–Crippen MR) is 88.1 cm³/mol. The van der Waals surface area contributed by atoms with E-state index in [4.69, 9.17) is 4.42 Å². The van der Waals surface area contributed by atoms with Gasteiger partial charge in [0.1, 0.15) is 5.52 Å². The van der Waals surface area contributed by atoms with E-state index in [0.29, 0.717) is 5.89 Å². The Morgan fingerprint density at radius 1 is 0.952 bits per heavy atom.